The van der Waals surface area contributed by atoms with E-state index in [-0.39, 0.29) is 5.41 Å². The summed E-state index contributed by atoms with van der Waals surface area (Å²) in [5.41, 5.74) is 1.17. The number of hydrogen-bond donors (Lipinski definition) is 2. The molecule has 1 unspecified atom stereocenters. The van der Waals surface area contributed by atoms with Crippen molar-refractivity contribution in [2.75, 3.05) is 32.8 Å². The van der Waals surface area contributed by atoms with Crippen LogP contribution >= 0.6 is 0 Å². The summed E-state index contributed by atoms with van der Waals surface area (Å²) in [6.45, 7) is 8.95. The van der Waals surface area contributed by atoms with Crippen LogP contribution < -0.4 is 10.6 Å². The van der Waals surface area contributed by atoms with E-state index in [1.54, 1.807) is 0 Å². The summed E-state index contributed by atoms with van der Waals surface area (Å²) in [6, 6.07) is 6.08. The van der Waals surface area contributed by atoms with Crippen LogP contribution in [0.15, 0.2) is 24.4 Å². The Balaban J connectivity index is 1.78. The molecule has 0 radical (unpaired) electrons. The van der Waals surface area contributed by atoms with Gasteiger partial charge in [-0.15, -0.1) is 0 Å². The lowest BCUT2D eigenvalue weighted by Gasteiger charge is -2.28. The fourth-order valence-corrected chi connectivity index (χ4v) is 2.15. The molecule has 4 nitrogen and oxygen atoms in total. The molecule has 2 rings (SSSR count). The molecule has 2 heterocycles. The predicted octanol–water partition coefficient (Wildman–Crippen LogP) is 0.937. The van der Waals surface area contributed by atoms with Gasteiger partial charge in [0.2, 0.25) is 0 Å². The highest BCUT2D eigenvalue weighted by molar-refractivity contribution is 5.14. The van der Waals surface area contributed by atoms with Crippen molar-refractivity contribution in [2.24, 2.45) is 0 Å². The molecule has 0 aliphatic carbocycles. The minimum atomic E-state index is 0.0450. The van der Waals surface area contributed by atoms with Crippen molar-refractivity contribution in [2.45, 2.75) is 25.4 Å². The molecule has 18 heavy (non-hydrogen) atoms. The standard InChI is InChI=1S/C14H23N3O/c1-14(2,13-5-3-4-6-17-13)11-16-10-12-9-15-7-8-18-12/h3-6,12,15-16H,7-11H2,1-2H3. The third-order valence-corrected chi connectivity index (χ3v) is 3.30. The van der Waals surface area contributed by atoms with E-state index in [9.17, 15) is 0 Å². The fraction of sp³-hybridized carbons (Fsp3) is 0.643. The minimum absolute atomic E-state index is 0.0450. The Morgan fingerprint density at radius 3 is 3.06 bits per heavy atom. The molecule has 0 saturated carbocycles. The highest BCUT2D eigenvalue weighted by atomic mass is 16.5. The van der Waals surface area contributed by atoms with Crippen LogP contribution in [0.5, 0.6) is 0 Å². The molecule has 1 saturated heterocycles. The van der Waals surface area contributed by atoms with Crippen molar-refractivity contribution >= 4 is 0 Å². The summed E-state index contributed by atoms with van der Waals surface area (Å²) in [4.78, 5) is 4.43. The van der Waals surface area contributed by atoms with Crippen molar-refractivity contribution in [1.29, 1.82) is 0 Å². The van der Waals surface area contributed by atoms with Crippen LogP contribution in [0.4, 0.5) is 0 Å². The van der Waals surface area contributed by atoms with Gasteiger partial charge in [0.25, 0.3) is 0 Å². The molecule has 1 fully saturated rings. The lowest BCUT2D eigenvalue weighted by molar-refractivity contribution is 0.0286. The molecule has 1 aromatic rings. The number of ether oxygens (including phenoxy) is 1. The Kier molecular flexibility index (Phi) is 4.69. The maximum Gasteiger partial charge on any atom is 0.0824 e. The second-order valence-electron chi connectivity index (χ2n) is 5.43. The summed E-state index contributed by atoms with van der Waals surface area (Å²) in [7, 11) is 0. The average Bonchev–Trinajstić information content (AvgIpc) is 2.41. The van der Waals surface area contributed by atoms with Gasteiger partial charge in [-0.2, -0.15) is 0 Å². The smallest absolute Gasteiger partial charge is 0.0824 e. The van der Waals surface area contributed by atoms with Crippen LogP contribution in [-0.4, -0.2) is 43.9 Å². The molecule has 0 amide bonds. The minimum Gasteiger partial charge on any atom is -0.374 e. The molecule has 2 N–H and O–H groups in total. The summed E-state index contributed by atoms with van der Waals surface area (Å²) in [5.74, 6) is 0. The first-order valence-corrected chi connectivity index (χ1v) is 6.63. The van der Waals surface area contributed by atoms with Gasteiger partial charge in [-0.1, -0.05) is 19.9 Å². The van der Waals surface area contributed by atoms with Crippen LogP contribution in [-0.2, 0) is 10.2 Å². The van der Waals surface area contributed by atoms with E-state index in [4.69, 9.17) is 4.74 Å². The first-order valence-electron chi connectivity index (χ1n) is 6.63. The molecule has 4 heteroatoms. The van der Waals surface area contributed by atoms with Crippen LogP contribution in [0.3, 0.4) is 0 Å². The van der Waals surface area contributed by atoms with Gasteiger partial charge < -0.3 is 15.4 Å². The van der Waals surface area contributed by atoms with E-state index in [0.717, 1.165) is 38.5 Å². The van der Waals surface area contributed by atoms with Gasteiger partial charge in [-0.05, 0) is 12.1 Å². The number of hydrogen-bond acceptors (Lipinski definition) is 4. The maximum atomic E-state index is 5.66. The summed E-state index contributed by atoms with van der Waals surface area (Å²) >= 11 is 0. The zero-order chi connectivity index (χ0) is 12.8. The Labute approximate surface area is 109 Å². The van der Waals surface area contributed by atoms with E-state index < -0.39 is 0 Å². The largest absolute Gasteiger partial charge is 0.374 e. The number of nitrogens with one attached hydrogen (secondary N) is 2. The normalized spacial score (nSPS) is 20.9. The Bertz CT molecular complexity index is 347. The number of rotatable bonds is 5. The average molecular weight is 249 g/mol. The molecule has 0 bridgehead atoms. The molecule has 0 aromatic carbocycles. The Morgan fingerprint density at radius 2 is 2.39 bits per heavy atom. The van der Waals surface area contributed by atoms with Crippen molar-refractivity contribution in [3.63, 3.8) is 0 Å². The maximum absolute atomic E-state index is 5.66. The second kappa shape index (κ2) is 6.27. The van der Waals surface area contributed by atoms with Gasteiger partial charge >= 0.3 is 0 Å². The molecular formula is C14H23N3O. The van der Waals surface area contributed by atoms with E-state index in [1.165, 1.54) is 0 Å². The number of pyridine rings is 1. The quantitative estimate of drug-likeness (QED) is 0.815. The molecule has 100 valence electrons. The van der Waals surface area contributed by atoms with Crippen molar-refractivity contribution in [3.05, 3.63) is 30.1 Å². The molecule has 1 aliphatic heterocycles. The van der Waals surface area contributed by atoms with Crippen molar-refractivity contribution in [1.82, 2.24) is 15.6 Å². The van der Waals surface area contributed by atoms with E-state index in [1.807, 2.05) is 18.3 Å². The predicted molar refractivity (Wildman–Crippen MR) is 72.7 cm³/mol. The van der Waals surface area contributed by atoms with Crippen LogP contribution in [0.2, 0.25) is 0 Å². The van der Waals surface area contributed by atoms with E-state index in [2.05, 4.69) is 35.5 Å². The van der Waals surface area contributed by atoms with Gasteiger partial charge in [0.15, 0.2) is 0 Å². The van der Waals surface area contributed by atoms with Gasteiger partial charge in [0, 0.05) is 43.5 Å². The summed E-state index contributed by atoms with van der Waals surface area (Å²) in [5, 5.41) is 6.83. The Morgan fingerprint density at radius 1 is 1.50 bits per heavy atom. The number of aromatic nitrogens is 1. The van der Waals surface area contributed by atoms with Crippen LogP contribution in [0, 0.1) is 0 Å². The highest BCUT2D eigenvalue weighted by Gasteiger charge is 2.22. The van der Waals surface area contributed by atoms with E-state index >= 15 is 0 Å². The van der Waals surface area contributed by atoms with Gasteiger partial charge in [-0.3, -0.25) is 4.98 Å². The Hall–Kier alpha value is -0.970. The van der Waals surface area contributed by atoms with Gasteiger partial charge in [-0.25, -0.2) is 0 Å². The topological polar surface area (TPSA) is 46.2 Å². The number of nitrogens with zero attached hydrogens (tertiary/aromatic N) is 1. The third-order valence-electron chi connectivity index (χ3n) is 3.30. The van der Waals surface area contributed by atoms with Crippen molar-refractivity contribution < 1.29 is 4.74 Å². The van der Waals surface area contributed by atoms with Crippen molar-refractivity contribution in [3.8, 4) is 0 Å². The molecular weight excluding hydrogens is 226 g/mol. The molecule has 1 atom stereocenters. The van der Waals surface area contributed by atoms with Gasteiger partial charge in [0.1, 0.15) is 0 Å². The summed E-state index contributed by atoms with van der Waals surface area (Å²) < 4.78 is 5.66. The number of morpholine rings is 1. The monoisotopic (exact) mass is 249 g/mol. The summed E-state index contributed by atoms with van der Waals surface area (Å²) in [6.07, 6.45) is 2.14. The zero-order valence-electron chi connectivity index (χ0n) is 11.3. The first-order chi connectivity index (χ1) is 8.68. The van der Waals surface area contributed by atoms with E-state index in [0.29, 0.717) is 6.10 Å². The van der Waals surface area contributed by atoms with Gasteiger partial charge in [0.05, 0.1) is 12.7 Å². The van der Waals surface area contributed by atoms with Crippen LogP contribution in [0.25, 0.3) is 0 Å². The first kappa shape index (κ1) is 13.5. The lowest BCUT2D eigenvalue weighted by Crippen LogP contribution is -2.46. The SMILES string of the molecule is CC(C)(CNCC1CNCCO1)c1ccccn1. The molecule has 0 spiro atoms. The lowest BCUT2D eigenvalue weighted by atomic mass is 9.88. The highest BCUT2D eigenvalue weighted by Crippen LogP contribution is 2.19. The molecule has 1 aromatic heterocycles. The fourth-order valence-electron chi connectivity index (χ4n) is 2.15. The second-order valence-corrected chi connectivity index (χ2v) is 5.43. The molecule has 1 aliphatic rings. The third kappa shape index (κ3) is 3.77. The zero-order valence-corrected chi connectivity index (χ0v) is 11.3. The van der Waals surface area contributed by atoms with Crippen LogP contribution in [0.1, 0.15) is 19.5 Å².